The van der Waals surface area contributed by atoms with Crippen LogP contribution in [0.2, 0.25) is 0 Å². The lowest BCUT2D eigenvalue weighted by Gasteiger charge is -2.38. The Morgan fingerprint density at radius 2 is 2.32 bits per heavy atom. The van der Waals surface area contributed by atoms with Crippen LogP contribution in [0.3, 0.4) is 0 Å². The zero-order valence-corrected chi connectivity index (χ0v) is 12.1. The van der Waals surface area contributed by atoms with E-state index < -0.39 is 11.5 Å². The summed E-state index contributed by atoms with van der Waals surface area (Å²) >= 11 is 3.15. The number of hydrogen-bond acceptors (Lipinski definition) is 3. The molecule has 0 aromatic heterocycles. The maximum absolute atomic E-state index is 13.3. The molecule has 2 aliphatic rings. The molecule has 3 rings (SSSR count). The number of fused-ring (bicyclic) bond motifs is 2. The van der Waals surface area contributed by atoms with Crippen molar-refractivity contribution < 1.29 is 14.2 Å². The molecule has 2 aliphatic heterocycles. The highest BCUT2D eigenvalue weighted by Gasteiger charge is 2.55. The minimum absolute atomic E-state index is 0.0151. The van der Waals surface area contributed by atoms with Gasteiger partial charge in [-0.15, -0.1) is 0 Å². The highest BCUT2D eigenvalue weighted by atomic mass is 79.9. The molecule has 2 bridgehead atoms. The Balaban J connectivity index is 1.93. The molecule has 2 heterocycles. The number of halogens is 2. The number of nitrogens with two attached hydrogens (primary N) is 1. The van der Waals surface area contributed by atoms with Gasteiger partial charge in [-0.25, -0.2) is 4.39 Å². The molecule has 5 heteroatoms. The van der Waals surface area contributed by atoms with Gasteiger partial charge in [-0.2, -0.15) is 0 Å². The highest BCUT2D eigenvalue weighted by molar-refractivity contribution is 9.10. The van der Waals surface area contributed by atoms with Gasteiger partial charge in [0.25, 0.3) is 0 Å². The normalized spacial score (nSPS) is 34.7. The first-order valence-electron chi connectivity index (χ1n) is 6.55. The van der Waals surface area contributed by atoms with Crippen LogP contribution in [0.4, 0.5) is 4.39 Å². The Hall–Kier alpha value is -0.490. The van der Waals surface area contributed by atoms with Crippen molar-refractivity contribution in [3.8, 4) is 0 Å². The summed E-state index contributed by atoms with van der Waals surface area (Å²) in [6.07, 6.45) is 2.29. The quantitative estimate of drug-likeness (QED) is 0.895. The average molecular weight is 330 g/mol. The molecule has 0 spiro atoms. The van der Waals surface area contributed by atoms with Gasteiger partial charge >= 0.3 is 0 Å². The third-order valence-electron chi connectivity index (χ3n) is 4.54. The van der Waals surface area contributed by atoms with Crippen molar-refractivity contribution in [1.82, 2.24) is 0 Å². The Morgan fingerprint density at radius 3 is 2.84 bits per heavy atom. The van der Waals surface area contributed by atoms with Crippen molar-refractivity contribution in [2.75, 3.05) is 6.54 Å². The van der Waals surface area contributed by atoms with Crippen LogP contribution in [0.25, 0.3) is 0 Å². The minimum Gasteiger partial charge on any atom is -0.388 e. The molecule has 3 N–H and O–H groups in total. The lowest BCUT2D eigenvalue weighted by Crippen LogP contribution is -2.44. The van der Waals surface area contributed by atoms with E-state index in [0.717, 1.165) is 19.3 Å². The number of rotatable bonds is 3. The van der Waals surface area contributed by atoms with Crippen LogP contribution in [0, 0.1) is 11.2 Å². The Morgan fingerprint density at radius 1 is 1.53 bits per heavy atom. The number of aliphatic hydroxyl groups excluding tert-OH is 1. The summed E-state index contributed by atoms with van der Waals surface area (Å²) < 4.78 is 19.5. The molecular formula is C14H17BrFNO2. The van der Waals surface area contributed by atoms with Gasteiger partial charge in [-0.3, -0.25) is 0 Å². The number of benzene rings is 1. The third-order valence-corrected chi connectivity index (χ3v) is 5.15. The van der Waals surface area contributed by atoms with E-state index in [1.54, 1.807) is 12.1 Å². The molecule has 3 nitrogen and oxygen atoms in total. The first-order valence-corrected chi connectivity index (χ1v) is 7.34. The van der Waals surface area contributed by atoms with Crippen LogP contribution in [-0.2, 0) is 4.74 Å². The molecular weight excluding hydrogens is 313 g/mol. The molecule has 1 aromatic carbocycles. The van der Waals surface area contributed by atoms with Crippen molar-refractivity contribution in [3.05, 3.63) is 34.1 Å². The van der Waals surface area contributed by atoms with Crippen LogP contribution in [0.15, 0.2) is 22.7 Å². The monoisotopic (exact) mass is 329 g/mol. The van der Waals surface area contributed by atoms with Crippen LogP contribution >= 0.6 is 15.9 Å². The Bertz CT molecular complexity index is 498. The zero-order chi connectivity index (χ0) is 13.6. The van der Waals surface area contributed by atoms with Gasteiger partial charge in [0.1, 0.15) is 5.82 Å². The van der Waals surface area contributed by atoms with Gasteiger partial charge in [0, 0.05) is 12.0 Å². The standard InChI is InChI=1S/C14H17BrFNO2/c15-10-5-8(1-3-11(10)16)13(18)14(7-17)6-9-2-4-12(14)19-9/h1,3,5,9,12-13,18H,2,4,6-7,17H2. The lowest BCUT2D eigenvalue weighted by atomic mass is 9.68. The summed E-state index contributed by atoms with van der Waals surface area (Å²) in [6.45, 7) is 0.379. The largest absolute Gasteiger partial charge is 0.388 e. The third kappa shape index (κ3) is 2.03. The number of aliphatic hydroxyl groups is 1. The van der Waals surface area contributed by atoms with Gasteiger partial charge < -0.3 is 15.6 Å². The zero-order valence-electron chi connectivity index (χ0n) is 10.5. The fourth-order valence-electron chi connectivity index (χ4n) is 3.46. The molecule has 19 heavy (non-hydrogen) atoms. The van der Waals surface area contributed by atoms with E-state index in [0.29, 0.717) is 16.6 Å². The van der Waals surface area contributed by atoms with E-state index in [1.165, 1.54) is 6.07 Å². The van der Waals surface area contributed by atoms with Crippen molar-refractivity contribution in [1.29, 1.82) is 0 Å². The second kappa shape index (κ2) is 4.81. The summed E-state index contributed by atoms with van der Waals surface area (Å²) in [5, 5.41) is 10.7. The van der Waals surface area contributed by atoms with Crippen LogP contribution in [0.5, 0.6) is 0 Å². The van der Waals surface area contributed by atoms with E-state index in [1.807, 2.05) is 0 Å². The molecule has 4 unspecified atom stereocenters. The molecule has 0 amide bonds. The fourth-order valence-corrected chi connectivity index (χ4v) is 3.86. The van der Waals surface area contributed by atoms with Crippen LogP contribution in [-0.4, -0.2) is 23.9 Å². The molecule has 1 aromatic rings. The molecule has 0 aliphatic carbocycles. The minimum atomic E-state index is -0.718. The summed E-state index contributed by atoms with van der Waals surface area (Å²) in [7, 11) is 0. The Labute approximate surface area is 120 Å². The summed E-state index contributed by atoms with van der Waals surface area (Å²) in [5.74, 6) is -0.332. The van der Waals surface area contributed by atoms with Gasteiger partial charge in [0.15, 0.2) is 0 Å². The predicted molar refractivity (Wildman–Crippen MR) is 73.1 cm³/mol. The molecule has 2 fully saturated rings. The van der Waals surface area contributed by atoms with E-state index in [4.69, 9.17) is 10.5 Å². The van der Waals surface area contributed by atoms with Crippen LogP contribution < -0.4 is 5.73 Å². The second-order valence-electron chi connectivity index (χ2n) is 5.54. The first kappa shape index (κ1) is 13.5. The number of ether oxygens (including phenoxy) is 1. The number of hydrogen-bond donors (Lipinski definition) is 2. The van der Waals surface area contributed by atoms with Gasteiger partial charge in [-0.1, -0.05) is 6.07 Å². The summed E-state index contributed by atoms with van der Waals surface area (Å²) in [5.41, 5.74) is 6.20. The maximum Gasteiger partial charge on any atom is 0.137 e. The topological polar surface area (TPSA) is 55.5 Å². The van der Waals surface area contributed by atoms with E-state index in [9.17, 15) is 9.50 Å². The van der Waals surface area contributed by atoms with Crippen molar-refractivity contribution in [3.63, 3.8) is 0 Å². The molecule has 0 saturated carbocycles. The van der Waals surface area contributed by atoms with Gasteiger partial charge in [0.2, 0.25) is 0 Å². The van der Waals surface area contributed by atoms with Crippen molar-refractivity contribution in [2.45, 2.75) is 37.6 Å². The van der Waals surface area contributed by atoms with Gasteiger partial charge in [0.05, 0.1) is 22.8 Å². The SMILES string of the molecule is NCC1(C(O)c2ccc(F)c(Br)c2)CC2CCC1O2. The molecule has 0 radical (unpaired) electrons. The van der Waals surface area contributed by atoms with Crippen molar-refractivity contribution in [2.24, 2.45) is 11.1 Å². The molecule has 2 saturated heterocycles. The first-order chi connectivity index (χ1) is 9.06. The Kier molecular flexibility index (Phi) is 3.41. The summed E-state index contributed by atoms with van der Waals surface area (Å²) in [6, 6.07) is 4.61. The van der Waals surface area contributed by atoms with Crippen LogP contribution in [0.1, 0.15) is 30.9 Å². The van der Waals surface area contributed by atoms with Crippen molar-refractivity contribution >= 4 is 15.9 Å². The highest BCUT2D eigenvalue weighted by Crippen LogP contribution is 2.53. The smallest absolute Gasteiger partial charge is 0.137 e. The van der Waals surface area contributed by atoms with E-state index in [2.05, 4.69) is 15.9 Å². The van der Waals surface area contributed by atoms with E-state index in [-0.39, 0.29) is 18.0 Å². The average Bonchev–Trinajstić information content (AvgIpc) is 3.02. The fraction of sp³-hybridized carbons (Fsp3) is 0.571. The predicted octanol–water partition coefficient (Wildman–Crippen LogP) is 2.52. The maximum atomic E-state index is 13.3. The second-order valence-corrected chi connectivity index (χ2v) is 6.40. The van der Waals surface area contributed by atoms with Gasteiger partial charge in [-0.05, 0) is 52.9 Å². The lowest BCUT2D eigenvalue weighted by molar-refractivity contribution is -0.0264. The molecule has 104 valence electrons. The molecule has 4 atom stereocenters. The van der Waals surface area contributed by atoms with E-state index >= 15 is 0 Å². The summed E-state index contributed by atoms with van der Waals surface area (Å²) in [4.78, 5) is 0.